The average Bonchev–Trinajstić information content (AvgIpc) is 2.66. The molecule has 1 amide bonds. The molecule has 0 atom stereocenters. The number of methoxy groups -OCH3 is 1. The van der Waals surface area contributed by atoms with Gasteiger partial charge in [-0.05, 0) is 62.8 Å². The quantitative estimate of drug-likeness (QED) is 0.702. The summed E-state index contributed by atoms with van der Waals surface area (Å²) in [7, 11) is 1.57. The fourth-order valence-electron chi connectivity index (χ4n) is 2.82. The molecule has 0 aliphatic heterocycles. The summed E-state index contributed by atoms with van der Waals surface area (Å²) in [5.74, 6) is 1.00. The zero-order valence-electron chi connectivity index (χ0n) is 16.9. The van der Waals surface area contributed by atoms with E-state index in [9.17, 15) is 4.79 Å². The monoisotopic (exact) mass is 370 g/mol. The molecule has 2 rings (SSSR count). The van der Waals surface area contributed by atoms with Crippen LogP contribution in [0.3, 0.4) is 0 Å². The molecule has 0 radical (unpaired) electrons. The SMILES string of the molecule is CCN(CC)Cc1cccc(NC(=O)c2ccc(OC(C)C)c(OC)c2)c1. The number of nitrogens with one attached hydrogen (secondary N) is 1. The summed E-state index contributed by atoms with van der Waals surface area (Å²) in [6, 6.07) is 13.2. The predicted octanol–water partition coefficient (Wildman–Crippen LogP) is 4.58. The van der Waals surface area contributed by atoms with Gasteiger partial charge in [0, 0.05) is 17.8 Å². The van der Waals surface area contributed by atoms with Crippen molar-refractivity contribution in [3.8, 4) is 11.5 Å². The second-order valence-electron chi connectivity index (χ2n) is 6.65. The Balaban J connectivity index is 2.13. The Morgan fingerprint density at radius 2 is 1.81 bits per heavy atom. The molecule has 0 aromatic heterocycles. The van der Waals surface area contributed by atoms with Crippen LogP contribution in [0.25, 0.3) is 0 Å². The zero-order valence-corrected chi connectivity index (χ0v) is 16.9. The molecular formula is C22H30N2O3. The standard InChI is InChI=1S/C22H30N2O3/c1-6-24(7-2)15-17-9-8-10-19(13-17)23-22(25)18-11-12-20(27-16(3)4)21(14-18)26-5/h8-14,16H,6-7,15H2,1-5H3,(H,23,25). The molecule has 0 aliphatic rings. The van der Waals surface area contributed by atoms with Crippen molar-refractivity contribution >= 4 is 11.6 Å². The van der Waals surface area contributed by atoms with Gasteiger partial charge in [-0.1, -0.05) is 26.0 Å². The fourth-order valence-corrected chi connectivity index (χ4v) is 2.82. The Kier molecular flexibility index (Phi) is 7.67. The van der Waals surface area contributed by atoms with Gasteiger partial charge in [0.25, 0.3) is 5.91 Å². The number of carbonyl (C=O) groups is 1. The molecule has 0 spiro atoms. The molecule has 0 fully saturated rings. The smallest absolute Gasteiger partial charge is 0.255 e. The van der Waals surface area contributed by atoms with Crippen molar-refractivity contribution in [3.05, 3.63) is 53.6 Å². The number of ether oxygens (including phenoxy) is 2. The number of benzene rings is 2. The molecule has 146 valence electrons. The number of hydrogen-bond acceptors (Lipinski definition) is 4. The average molecular weight is 370 g/mol. The van der Waals surface area contributed by atoms with E-state index in [0.29, 0.717) is 17.1 Å². The van der Waals surface area contributed by atoms with Crippen LogP contribution in [0, 0.1) is 0 Å². The van der Waals surface area contributed by atoms with Crippen LogP contribution in [0.5, 0.6) is 11.5 Å². The van der Waals surface area contributed by atoms with E-state index in [4.69, 9.17) is 9.47 Å². The fraction of sp³-hybridized carbons (Fsp3) is 0.409. The lowest BCUT2D eigenvalue weighted by molar-refractivity contribution is 0.102. The predicted molar refractivity (Wildman–Crippen MR) is 110 cm³/mol. The lowest BCUT2D eigenvalue weighted by Crippen LogP contribution is -2.22. The first-order valence-electron chi connectivity index (χ1n) is 9.44. The highest BCUT2D eigenvalue weighted by molar-refractivity contribution is 6.04. The van der Waals surface area contributed by atoms with Crippen molar-refractivity contribution < 1.29 is 14.3 Å². The zero-order chi connectivity index (χ0) is 19.8. The molecule has 0 heterocycles. The van der Waals surface area contributed by atoms with Crippen molar-refractivity contribution in [2.24, 2.45) is 0 Å². The molecule has 0 saturated carbocycles. The number of anilines is 1. The summed E-state index contributed by atoms with van der Waals surface area (Å²) in [5, 5.41) is 2.97. The van der Waals surface area contributed by atoms with Crippen molar-refractivity contribution in [1.29, 1.82) is 0 Å². The van der Waals surface area contributed by atoms with Gasteiger partial charge in [0.2, 0.25) is 0 Å². The van der Waals surface area contributed by atoms with Gasteiger partial charge in [0.05, 0.1) is 13.2 Å². The highest BCUT2D eigenvalue weighted by atomic mass is 16.5. The van der Waals surface area contributed by atoms with E-state index in [0.717, 1.165) is 25.3 Å². The lowest BCUT2D eigenvalue weighted by Gasteiger charge is -2.18. The number of nitrogens with zero attached hydrogens (tertiary/aromatic N) is 1. The van der Waals surface area contributed by atoms with Gasteiger partial charge in [0.1, 0.15) is 0 Å². The molecule has 2 aromatic rings. The van der Waals surface area contributed by atoms with Crippen LogP contribution in [-0.4, -0.2) is 37.1 Å². The van der Waals surface area contributed by atoms with Gasteiger partial charge in [-0.25, -0.2) is 0 Å². The summed E-state index contributed by atoms with van der Waals surface area (Å²) >= 11 is 0. The maximum absolute atomic E-state index is 12.6. The van der Waals surface area contributed by atoms with Crippen molar-refractivity contribution in [2.75, 3.05) is 25.5 Å². The van der Waals surface area contributed by atoms with Crippen LogP contribution in [0.2, 0.25) is 0 Å². The minimum absolute atomic E-state index is 0.0344. The molecule has 27 heavy (non-hydrogen) atoms. The molecule has 5 nitrogen and oxygen atoms in total. The number of amides is 1. The number of carbonyl (C=O) groups excluding carboxylic acids is 1. The van der Waals surface area contributed by atoms with E-state index < -0.39 is 0 Å². The van der Waals surface area contributed by atoms with Crippen molar-refractivity contribution in [1.82, 2.24) is 4.90 Å². The Morgan fingerprint density at radius 1 is 1.07 bits per heavy atom. The summed E-state index contributed by atoms with van der Waals surface area (Å²) in [5.41, 5.74) is 2.48. The van der Waals surface area contributed by atoms with Crippen molar-refractivity contribution in [2.45, 2.75) is 40.3 Å². The molecule has 0 unspecified atom stereocenters. The maximum Gasteiger partial charge on any atom is 0.255 e. The third-order valence-corrected chi connectivity index (χ3v) is 4.27. The summed E-state index contributed by atoms with van der Waals surface area (Å²) in [6.45, 7) is 11.1. The molecular weight excluding hydrogens is 340 g/mol. The van der Waals surface area contributed by atoms with E-state index in [-0.39, 0.29) is 12.0 Å². The minimum Gasteiger partial charge on any atom is -0.493 e. The normalized spacial score (nSPS) is 10.9. The van der Waals surface area contributed by atoms with Crippen molar-refractivity contribution in [3.63, 3.8) is 0 Å². The highest BCUT2D eigenvalue weighted by Gasteiger charge is 2.13. The summed E-state index contributed by atoms with van der Waals surface area (Å²) in [4.78, 5) is 15.0. The first-order valence-corrected chi connectivity index (χ1v) is 9.44. The Morgan fingerprint density at radius 3 is 2.44 bits per heavy atom. The molecule has 5 heteroatoms. The molecule has 1 N–H and O–H groups in total. The second-order valence-corrected chi connectivity index (χ2v) is 6.65. The van der Waals surface area contributed by atoms with Gasteiger partial charge >= 0.3 is 0 Å². The van der Waals surface area contributed by atoms with Gasteiger partial charge < -0.3 is 14.8 Å². The first kappa shape index (κ1) is 20.8. The highest BCUT2D eigenvalue weighted by Crippen LogP contribution is 2.29. The first-order chi connectivity index (χ1) is 13.0. The minimum atomic E-state index is -0.176. The summed E-state index contributed by atoms with van der Waals surface area (Å²) in [6.07, 6.45) is 0.0344. The Labute approximate surface area is 162 Å². The molecule has 0 bridgehead atoms. The molecule has 0 aliphatic carbocycles. The van der Waals surface area contributed by atoms with Gasteiger partial charge in [0.15, 0.2) is 11.5 Å². The van der Waals surface area contributed by atoms with Crippen LogP contribution >= 0.6 is 0 Å². The second kappa shape index (κ2) is 9.97. The third-order valence-electron chi connectivity index (χ3n) is 4.27. The number of rotatable bonds is 9. The maximum atomic E-state index is 12.6. The Bertz CT molecular complexity index is 755. The van der Waals surface area contributed by atoms with Crippen LogP contribution < -0.4 is 14.8 Å². The van der Waals surface area contributed by atoms with Crippen LogP contribution in [0.15, 0.2) is 42.5 Å². The Hall–Kier alpha value is -2.53. The topological polar surface area (TPSA) is 50.8 Å². The largest absolute Gasteiger partial charge is 0.493 e. The third kappa shape index (κ3) is 6.00. The lowest BCUT2D eigenvalue weighted by atomic mass is 10.1. The van der Waals surface area contributed by atoms with E-state index in [1.807, 2.05) is 32.0 Å². The van der Waals surface area contributed by atoms with Gasteiger partial charge in [-0.2, -0.15) is 0 Å². The van der Waals surface area contributed by atoms with E-state index in [2.05, 4.69) is 30.1 Å². The van der Waals surface area contributed by atoms with E-state index in [1.165, 1.54) is 5.56 Å². The van der Waals surface area contributed by atoms with Crippen LogP contribution in [-0.2, 0) is 6.54 Å². The molecule has 0 saturated heterocycles. The van der Waals surface area contributed by atoms with Gasteiger partial charge in [-0.15, -0.1) is 0 Å². The summed E-state index contributed by atoms with van der Waals surface area (Å²) < 4.78 is 11.1. The van der Waals surface area contributed by atoms with E-state index >= 15 is 0 Å². The van der Waals surface area contributed by atoms with E-state index in [1.54, 1.807) is 25.3 Å². The number of hydrogen-bond donors (Lipinski definition) is 1. The van der Waals surface area contributed by atoms with Crippen LogP contribution in [0.1, 0.15) is 43.6 Å². The van der Waals surface area contributed by atoms with Gasteiger partial charge in [-0.3, -0.25) is 9.69 Å². The van der Waals surface area contributed by atoms with Crippen LogP contribution in [0.4, 0.5) is 5.69 Å². The molecule has 2 aromatic carbocycles.